The number of carbonyl (C=O) groups excluding carboxylic acids is 2. The van der Waals surface area contributed by atoms with E-state index < -0.39 is 11.2 Å². The van der Waals surface area contributed by atoms with Crippen LogP contribution >= 0.6 is 11.3 Å². The van der Waals surface area contributed by atoms with Crippen LogP contribution in [0, 0.1) is 13.8 Å². The van der Waals surface area contributed by atoms with Gasteiger partial charge in [-0.25, -0.2) is 4.98 Å². The summed E-state index contributed by atoms with van der Waals surface area (Å²) in [6.45, 7) is 7.55. The summed E-state index contributed by atoms with van der Waals surface area (Å²) in [6.07, 6.45) is 0.416. The number of methoxy groups -OCH3 is 1. The minimum Gasteiger partial charge on any atom is -0.504 e. The number of carbonyl (C=O) groups is 2. The molecule has 11 heteroatoms. The molecule has 4 rings (SSSR count). The van der Waals surface area contributed by atoms with Gasteiger partial charge in [0.25, 0.3) is 5.91 Å². The summed E-state index contributed by atoms with van der Waals surface area (Å²) in [5.41, 5.74) is 0.162. The van der Waals surface area contributed by atoms with Gasteiger partial charge in [0.1, 0.15) is 11.3 Å². The highest BCUT2D eigenvalue weighted by Gasteiger charge is 2.24. The fourth-order valence-electron chi connectivity index (χ4n) is 3.91. The molecule has 1 fully saturated rings. The number of hydrogen-bond donors (Lipinski definition) is 2. The van der Waals surface area contributed by atoms with E-state index in [2.05, 4.69) is 15.2 Å². The van der Waals surface area contributed by atoms with Crippen LogP contribution in [0.1, 0.15) is 31.6 Å². The second kappa shape index (κ2) is 9.92. The van der Waals surface area contributed by atoms with E-state index in [0.29, 0.717) is 43.2 Å². The number of aromatic hydroxyl groups is 1. The molecular formula is C23H25N3O7S. The van der Waals surface area contributed by atoms with Crippen molar-refractivity contribution in [2.45, 2.75) is 13.8 Å². The van der Waals surface area contributed by atoms with E-state index in [1.165, 1.54) is 13.2 Å². The van der Waals surface area contributed by atoms with Gasteiger partial charge in [0.2, 0.25) is 5.43 Å². The summed E-state index contributed by atoms with van der Waals surface area (Å²) in [4.78, 5) is 44.8. The van der Waals surface area contributed by atoms with Gasteiger partial charge in [0, 0.05) is 26.2 Å². The summed E-state index contributed by atoms with van der Waals surface area (Å²) < 4.78 is 16.2. The molecule has 180 valence electrons. The maximum Gasteiger partial charge on any atom is 0.280 e. The van der Waals surface area contributed by atoms with Gasteiger partial charge in [-0.05, 0) is 19.9 Å². The number of thiazole rings is 1. The van der Waals surface area contributed by atoms with Crippen LogP contribution in [-0.2, 0) is 4.74 Å². The van der Waals surface area contributed by atoms with Crippen LogP contribution in [0.2, 0.25) is 0 Å². The van der Waals surface area contributed by atoms with Crippen molar-refractivity contribution in [3.05, 3.63) is 38.3 Å². The first-order valence-corrected chi connectivity index (χ1v) is 11.6. The Balaban J connectivity index is 1.65. The van der Waals surface area contributed by atoms with Gasteiger partial charge in [-0.2, -0.15) is 0 Å². The fourth-order valence-corrected chi connectivity index (χ4v) is 4.98. The molecular weight excluding hydrogens is 462 g/mol. The van der Waals surface area contributed by atoms with Crippen LogP contribution in [0.4, 0.5) is 0 Å². The van der Waals surface area contributed by atoms with Crippen LogP contribution in [0.25, 0.3) is 21.4 Å². The van der Waals surface area contributed by atoms with Crippen LogP contribution < -0.4 is 15.5 Å². The van der Waals surface area contributed by atoms with E-state index in [0.717, 1.165) is 24.4 Å². The highest BCUT2D eigenvalue weighted by Crippen LogP contribution is 2.37. The second-order valence-electron chi connectivity index (χ2n) is 7.84. The van der Waals surface area contributed by atoms with Gasteiger partial charge in [0.05, 0.1) is 41.8 Å². The topological polar surface area (TPSA) is 131 Å². The number of hydrogen-bond acceptors (Lipinski definition) is 10. The molecule has 0 radical (unpaired) electrons. The van der Waals surface area contributed by atoms with E-state index in [-0.39, 0.29) is 44.5 Å². The molecule has 2 aromatic heterocycles. The lowest BCUT2D eigenvalue weighted by atomic mass is 10.0. The molecule has 34 heavy (non-hydrogen) atoms. The number of benzene rings is 1. The van der Waals surface area contributed by atoms with Gasteiger partial charge in [0.15, 0.2) is 28.4 Å². The van der Waals surface area contributed by atoms with E-state index in [9.17, 15) is 19.5 Å². The lowest BCUT2D eigenvalue weighted by Gasteiger charge is -2.26. The molecule has 0 spiro atoms. The minimum absolute atomic E-state index is 0.0157. The SMILES string of the molecule is COc1cc2c(=O)c(-c3sc(C(=O)NCCN4CCOCC4)nc3C)c(C)oc2c(C=O)c1O. The number of nitrogens with zero attached hydrogens (tertiary/aromatic N) is 2. The molecule has 1 amide bonds. The van der Waals surface area contributed by atoms with Gasteiger partial charge in [-0.15, -0.1) is 11.3 Å². The maximum absolute atomic E-state index is 13.4. The summed E-state index contributed by atoms with van der Waals surface area (Å²) in [7, 11) is 1.32. The van der Waals surface area contributed by atoms with Crippen molar-refractivity contribution in [2.24, 2.45) is 0 Å². The van der Waals surface area contributed by atoms with Crippen molar-refractivity contribution in [3.63, 3.8) is 0 Å². The summed E-state index contributed by atoms with van der Waals surface area (Å²) >= 11 is 1.10. The third-order valence-corrected chi connectivity index (χ3v) is 6.88. The Morgan fingerprint density at radius 2 is 2.09 bits per heavy atom. The van der Waals surface area contributed by atoms with Gasteiger partial charge in [-0.3, -0.25) is 19.3 Å². The molecule has 0 bridgehead atoms. The van der Waals surface area contributed by atoms with Crippen molar-refractivity contribution in [1.29, 1.82) is 0 Å². The number of aryl methyl sites for hydroxylation is 2. The first-order valence-electron chi connectivity index (χ1n) is 10.7. The van der Waals surface area contributed by atoms with Crippen molar-refractivity contribution in [2.75, 3.05) is 46.5 Å². The Hall–Kier alpha value is -3.28. The Morgan fingerprint density at radius 3 is 2.76 bits per heavy atom. The molecule has 0 unspecified atom stereocenters. The quantitative estimate of drug-likeness (QED) is 0.481. The third kappa shape index (κ3) is 4.41. The number of aromatic nitrogens is 1. The van der Waals surface area contributed by atoms with E-state index in [1.807, 2.05) is 0 Å². The molecule has 0 atom stereocenters. The normalized spacial score (nSPS) is 14.3. The zero-order valence-corrected chi connectivity index (χ0v) is 19.9. The van der Waals surface area contributed by atoms with Crippen molar-refractivity contribution >= 4 is 34.5 Å². The van der Waals surface area contributed by atoms with Gasteiger partial charge in [-0.1, -0.05) is 0 Å². The Kier molecular flexibility index (Phi) is 6.96. The molecule has 0 aliphatic carbocycles. The molecule has 0 saturated carbocycles. The second-order valence-corrected chi connectivity index (χ2v) is 8.84. The van der Waals surface area contributed by atoms with Crippen LogP contribution in [-0.4, -0.2) is 73.7 Å². The lowest BCUT2D eigenvalue weighted by Crippen LogP contribution is -2.41. The van der Waals surface area contributed by atoms with Crippen LogP contribution in [0.3, 0.4) is 0 Å². The maximum atomic E-state index is 13.4. The number of nitrogens with one attached hydrogen (secondary N) is 1. The fraction of sp³-hybridized carbons (Fsp3) is 0.391. The Morgan fingerprint density at radius 1 is 1.35 bits per heavy atom. The monoisotopic (exact) mass is 487 g/mol. The van der Waals surface area contributed by atoms with Crippen LogP contribution in [0.15, 0.2) is 15.3 Å². The molecule has 1 aromatic carbocycles. The summed E-state index contributed by atoms with van der Waals surface area (Å²) in [5, 5.41) is 13.4. The number of morpholine rings is 1. The van der Waals surface area contributed by atoms with E-state index in [4.69, 9.17) is 13.9 Å². The zero-order valence-electron chi connectivity index (χ0n) is 19.1. The standard InChI is InChI=1S/C23H25N3O7S/c1-12-21(34-23(25-12)22(30)24-4-5-26-6-8-32-9-7-26)17-13(2)33-20-14(19(17)29)10-16(31-3)18(28)15(20)11-27/h10-11,28H,4-9H2,1-3H3,(H,24,30). The number of rotatable bonds is 7. The molecule has 3 heterocycles. The number of phenols is 1. The first-order chi connectivity index (χ1) is 16.3. The number of ether oxygens (including phenoxy) is 2. The molecule has 1 aliphatic rings. The largest absolute Gasteiger partial charge is 0.504 e. The van der Waals surface area contributed by atoms with Crippen LogP contribution in [0.5, 0.6) is 11.5 Å². The minimum atomic E-state index is -0.411. The zero-order chi connectivity index (χ0) is 24.4. The smallest absolute Gasteiger partial charge is 0.280 e. The number of amides is 1. The summed E-state index contributed by atoms with van der Waals surface area (Å²) in [5.74, 6) is -0.482. The van der Waals surface area contributed by atoms with E-state index >= 15 is 0 Å². The van der Waals surface area contributed by atoms with Gasteiger partial charge < -0.3 is 24.3 Å². The van der Waals surface area contributed by atoms with E-state index in [1.54, 1.807) is 13.8 Å². The lowest BCUT2D eigenvalue weighted by molar-refractivity contribution is 0.0383. The molecule has 1 aliphatic heterocycles. The number of phenolic OH excluding ortho intramolecular Hbond substituents is 1. The molecule has 3 aromatic rings. The number of fused-ring (bicyclic) bond motifs is 1. The number of aldehydes is 1. The molecule has 2 N–H and O–H groups in total. The van der Waals surface area contributed by atoms with Crippen molar-refractivity contribution < 1.29 is 28.6 Å². The van der Waals surface area contributed by atoms with Gasteiger partial charge >= 0.3 is 0 Å². The third-order valence-electron chi connectivity index (χ3n) is 5.71. The molecule has 1 saturated heterocycles. The highest BCUT2D eigenvalue weighted by molar-refractivity contribution is 7.17. The molecule has 10 nitrogen and oxygen atoms in total. The van der Waals surface area contributed by atoms with Crippen molar-refractivity contribution in [3.8, 4) is 21.9 Å². The predicted molar refractivity (Wildman–Crippen MR) is 126 cm³/mol. The predicted octanol–water partition coefficient (Wildman–Crippen LogP) is 2.12. The average Bonchev–Trinajstić information content (AvgIpc) is 3.21. The highest BCUT2D eigenvalue weighted by atomic mass is 32.1. The Labute approximate surface area is 199 Å². The average molecular weight is 488 g/mol. The Bertz CT molecular complexity index is 1310. The van der Waals surface area contributed by atoms with Crippen molar-refractivity contribution in [1.82, 2.24) is 15.2 Å². The first kappa shape index (κ1) is 23.9. The summed E-state index contributed by atoms with van der Waals surface area (Å²) in [6, 6.07) is 1.34.